The quantitative estimate of drug-likeness (QED) is 0.925. The highest BCUT2D eigenvalue weighted by Gasteiger charge is 2.29. The van der Waals surface area contributed by atoms with E-state index in [1.54, 1.807) is 0 Å². The second kappa shape index (κ2) is 5.81. The first-order valence-electron chi connectivity index (χ1n) is 7.41. The predicted octanol–water partition coefficient (Wildman–Crippen LogP) is 2.66. The first-order chi connectivity index (χ1) is 9.79. The maximum absolute atomic E-state index is 10.0. The van der Waals surface area contributed by atoms with Gasteiger partial charge in [-0.3, -0.25) is 4.90 Å². The molecule has 3 heteroatoms. The van der Waals surface area contributed by atoms with Crippen molar-refractivity contribution in [2.24, 2.45) is 0 Å². The van der Waals surface area contributed by atoms with E-state index in [0.29, 0.717) is 0 Å². The van der Waals surface area contributed by atoms with Gasteiger partial charge in [-0.05, 0) is 24.1 Å². The molecule has 106 valence electrons. The van der Waals surface area contributed by atoms with E-state index in [9.17, 15) is 5.11 Å². The molecule has 3 nitrogen and oxygen atoms in total. The molecule has 0 radical (unpaired) electrons. The van der Waals surface area contributed by atoms with Gasteiger partial charge in [-0.15, -0.1) is 0 Å². The number of aliphatic hydroxyl groups is 1. The third-order valence-corrected chi connectivity index (χ3v) is 4.17. The molecular formula is C17H22N2O. The summed E-state index contributed by atoms with van der Waals surface area (Å²) in [5.41, 5.74) is 2.63. The first kappa shape index (κ1) is 13.4. The van der Waals surface area contributed by atoms with Crippen LogP contribution in [0.4, 0.5) is 0 Å². The highest BCUT2D eigenvalue weighted by Crippen LogP contribution is 2.32. The Morgan fingerprint density at radius 1 is 1.15 bits per heavy atom. The summed E-state index contributed by atoms with van der Waals surface area (Å²) in [6, 6.07) is 15.2. The Morgan fingerprint density at radius 3 is 2.70 bits per heavy atom. The molecule has 0 fully saturated rings. The number of nitrogens with zero attached hydrogens (tertiary/aromatic N) is 2. The van der Waals surface area contributed by atoms with Crippen LogP contribution in [0.15, 0.2) is 48.7 Å². The van der Waals surface area contributed by atoms with E-state index in [2.05, 4.69) is 58.1 Å². The second-order valence-electron chi connectivity index (χ2n) is 5.50. The van der Waals surface area contributed by atoms with E-state index in [1.165, 1.54) is 11.3 Å². The van der Waals surface area contributed by atoms with Crippen molar-refractivity contribution in [3.05, 3.63) is 59.9 Å². The molecule has 1 aromatic carbocycles. The molecule has 0 spiro atoms. The summed E-state index contributed by atoms with van der Waals surface area (Å²) >= 11 is 0. The third-order valence-electron chi connectivity index (χ3n) is 4.17. The molecule has 0 saturated heterocycles. The van der Waals surface area contributed by atoms with Gasteiger partial charge in [-0.2, -0.15) is 0 Å². The van der Waals surface area contributed by atoms with Crippen LogP contribution in [-0.2, 0) is 6.54 Å². The largest absolute Gasteiger partial charge is 0.392 e. The first-order valence-corrected chi connectivity index (χ1v) is 7.41. The molecule has 0 bridgehead atoms. The van der Waals surface area contributed by atoms with Gasteiger partial charge >= 0.3 is 0 Å². The van der Waals surface area contributed by atoms with Gasteiger partial charge in [0.1, 0.15) is 0 Å². The number of benzene rings is 1. The van der Waals surface area contributed by atoms with Gasteiger partial charge in [-0.25, -0.2) is 0 Å². The fourth-order valence-corrected chi connectivity index (χ4v) is 3.04. The van der Waals surface area contributed by atoms with E-state index in [-0.39, 0.29) is 12.1 Å². The molecule has 2 atom stereocenters. The smallest absolute Gasteiger partial charge is 0.0757 e. The molecule has 1 aliphatic heterocycles. The lowest BCUT2D eigenvalue weighted by molar-refractivity contribution is 0.0801. The molecule has 0 saturated carbocycles. The average Bonchev–Trinajstić information content (AvgIpc) is 2.96. The van der Waals surface area contributed by atoms with Crippen LogP contribution in [0.2, 0.25) is 0 Å². The zero-order valence-corrected chi connectivity index (χ0v) is 11.9. The van der Waals surface area contributed by atoms with Crippen molar-refractivity contribution in [2.45, 2.75) is 32.0 Å². The molecule has 2 heterocycles. The zero-order chi connectivity index (χ0) is 13.9. The fourth-order valence-electron chi connectivity index (χ4n) is 3.04. The summed E-state index contributed by atoms with van der Waals surface area (Å²) in [6.45, 7) is 4.76. The number of aliphatic hydroxyl groups excluding tert-OH is 1. The summed E-state index contributed by atoms with van der Waals surface area (Å²) in [5.74, 6) is 0. The summed E-state index contributed by atoms with van der Waals surface area (Å²) in [7, 11) is 0. The van der Waals surface area contributed by atoms with Gasteiger partial charge in [0.2, 0.25) is 0 Å². The van der Waals surface area contributed by atoms with Gasteiger partial charge < -0.3 is 9.67 Å². The van der Waals surface area contributed by atoms with E-state index in [4.69, 9.17) is 0 Å². The standard InChI is InChI=1S/C17H22N2O/c1-2-15(20)13-19-12-11-18-10-6-9-16(18)17(19)14-7-4-3-5-8-14/h3-10,15,17,20H,2,11-13H2,1H3. The zero-order valence-electron chi connectivity index (χ0n) is 11.9. The molecule has 1 aromatic heterocycles. The van der Waals surface area contributed by atoms with Gasteiger partial charge in [0, 0.05) is 31.5 Å². The van der Waals surface area contributed by atoms with Crippen molar-refractivity contribution in [3.8, 4) is 0 Å². The van der Waals surface area contributed by atoms with E-state index in [0.717, 1.165) is 26.1 Å². The van der Waals surface area contributed by atoms with Gasteiger partial charge in [0.25, 0.3) is 0 Å². The Labute approximate surface area is 120 Å². The molecule has 0 amide bonds. The summed E-state index contributed by atoms with van der Waals surface area (Å²) in [6.07, 6.45) is 2.71. The van der Waals surface area contributed by atoms with E-state index >= 15 is 0 Å². The third kappa shape index (κ3) is 2.51. The average molecular weight is 270 g/mol. The Kier molecular flexibility index (Phi) is 3.90. The van der Waals surface area contributed by atoms with Crippen molar-refractivity contribution < 1.29 is 5.11 Å². The van der Waals surface area contributed by atoms with Crippen molar-refractivity contribution in [2.75, 3.05) is 13.1 Å². The Hall–Kier alpha value is -1.58. The molecule has 1 N–H and O–H groups in total. The molecule has 0 aliphatic carbocycles. The number of aromatic nitrogens is 1. The van der Waals surface area contributed by atoms with Gasteiger partial charge in [-0.1, -0.05) is 37.3 Å². The molecule has 2 unspecified atom stereocenters. The van der Waals surface area contributed by atoms with Crippen molar-refractivity contribution in [1.29, 1.82) is 0 Å². The topological polar surface area (TPSA) is 28.4 Å². The fraction of sp³-hybridized carbons (Fsp3) is 0.412. The lowest BCUT2D eigenvalue weighted by Crippen LogP contribution is -2.42. The molecule has 2 aromatic rings. The number of hydrogen-bond donors (Lipinski definition) is 1. The number of β-amino-alcohol motifs (C(OH)–C–C–N with tert-alkyl or cyclic N) is 1. The minimum Gasteiger partial charge on any atom is -0.392 e. The lowest BCUT2D eigenvalue weighted by Gasteiger charge is -2.38. The van der Waals surface area contributed by atoms with Crippen molar-refractivity contribution in [1.82, 2.24) is 9.47 Å². The minimum atomic E-state index is -0.247. The lowest BCUT2D eigenvalue weighted by atomic mass is 9.99. The number of fused-ring (bicyclic) bond motifs is 1. The monoisotopic (exact) mass is 270 g/mol. The van der Waals surface area contributed by atoms with Crippen LogP contribution in [0.1, 0.15) is 30.6 Å². The van der Waals surface area contributed by atoms with Crippen LogP contribution in [0, 0.1) is 0 Å². The maximum atomic E-state index is 10.0. The van der Waals surface area contributed by atoms with Crippen molar-refractivity contribution in [3.63, 3.8) is 0 Å². The van der Waals surface area contributed by atoms with E-state index in [1.807, 2.05) is 6.92 Å². The van der Waals surface area contributed by atoms with Crippen molar-refractivity contribution >= 4 is 0 Å². The molecule has 3 rings (SSSR count). The molecule has 1 aliphatic rings. The van der Waals surface area contributed by atoms with E-state index < -0.39 is 0 Å². The summed E-state index contributed by atoms with van der Waals surface area (Å²) < 4.78 is 2.33. The van der Waals surface area contributed by atoms with Crippen LogP contribution in [-0.4, -0.2) is 33.8 Å². The van der Waals surface area contributed by atoms with Crippen LogP contribution >= 0.6 is 0 Å². The molecule has 20 heavy (non-hydrogen) atoms. The molecular weight excluding hydrogens is 248 g/mol. The highest BCUT2D eigenvalue weighted by atomic mass is 16.3. The predicted molar refractivity (Wildman–Crippen MR) is 80.6 cm³/mol. The Bertz CT molecular complexity index is 549. The van der Waals surface area contributed by atoms with Crippen LogP contribution in [0.3, 0.4) is 0 Å². The number of hydrogen-bond acceptors (Lipinski definition) is 2. The Balaban J connectivity index is 1.95. The SMILES string of the molecule is CCC(O)CN1CCn2cccc2C1c1ccccc1. The highest BCUT2D eigenvalue weighted by molar-refractivity contribution is 5.30. The van der Waals surface area contributed by atoms with Crippen LogP contribution in [0.25, 0.3) is 0 Å². The normalized spacial score (nSPS) is 20.6. The summed E-state index contributed by atoms with van der Waals surface area (Å²) in [5, 5.41) is 10.0. The van der Waals surface area contributed by atoms with Gasteiger partial charge in [0.15, 0.2) is 0 Å². The minimum absolute atomic E-state index is 0.247. The number of rotatable bonds is 4. The second-order valence-corrected chi connectivity index (χ2v) is 5.50. The Morgan fingerprint density at radius 2 is 1.95 bits per heavy atom. The maximum Gasteiger partial charge on any atom is 0.0757 e. The van der Waals surface area contributed by atoms with Crippen LogP contribution < -0.4 is 0 Å². The van der Waals surface area contributed by atoms with Crippen LogP contribution in [0.5, 0.6) is 0 Å². The summed E-state index contributed by atoms with van der Waals surface area (Å²) in [4.78, 5) is 2.40. The van der Waals surface area contributed by atoms with Gasteiger partial charge in [0.05, 0.1) is 12.1 Å².